The minimum absolute atomic E-state index is 0.00562. The van der Waals surface area contributed by atoms with E-state index in [9.17, 15) is 9.59 Å². The fourth-order valence-electron chi connectivity index (χ4n) is 3.83. The smallest absolute Gasteiger partial charge is 0.255 e. The molecular formula is C23H26N4O3. The number of aryl methyl sites for hydroxylation is 1. The average Bonchev–Trinajstić information content (AvgIpc) is 3.65. The highest BCUT2D eigenvalue weighted by Gasteiger charge is 2.36. The minimum Gasteiger partial charge on any atom is -0.491 e. The third-order valence-electron chi connectivity index (χ3n) is 6.22. The van der Waals surface area contributed by atoms with E-state index in [1.807, 2.05) is 19.9 Å². The number of nitrogens with zero attached hydrogens (tertiary/aromatic N) is 3. The van der Waals surface area contributed by atoms with Crippen molar-refractivity contribution in [2.75, 3.05) is 11.9 Å². The largest absolute Gasteiger partial charge is 0.491 e. The molecule has 1 unspecified atom stereocenters. The molecular weight excluding hydrogens is 380 g/mol. The van der Waals surface area contributed by atoms with Gasteiger partial charge in [0.1, 0.15) is 11.6 Å². The van der Waals surface area contributed by atoms with E-state index < -0.39 is 0 Å². The Labute approximate surface area is 175 Å². The van der Waals surface area contributed by atoms with Crippen LogP contribution < -0.4 is 10.1 Å². The van der Waals surface area contributed by atoms with Crippen LogP contribution in [-0.2, 0) is 11.3 Å². The van der Waals surface area contributed by atoms with Gasteiger partial charge in [-0.2, -0.15) is 0 Å². The molecule has 2 saturated carbocycles. The van der Waals surface area contributed by atoms with E-state index in [1.165, 1.54) is 12.8 Å². The van der Waals surface area contributed by atoms with Crippen molar-refractivity contribution in [2.45, 2.75) is 52.1 Å². The van der Waals surface area contributed by atoms with Gasteiger partial charge < -0.3 is 15.0 Å². The van der Waals surface area contributed by atoms with E-state index in [0.717, 1.165) is 42.0 Å². The topological polar surface area (TPSA) is 84.4 Å². The van der Waals surface area contributed by atoms with Gasteiger partial charge in [-0.1, -0.05) is 0 Å². The number of ether oxygens (including phenoxy) is 1. The summed E-state index contributed by atoms with van der Waals surface area (Å²) in [7, 11) is 0. The van der Waals surface area contributed by atoms with Gasteiger partial charge in [-0.15, -0.1) is 0 Å². The Hall–Kier alpha value is -2.96. The number of carbonyl (C=O) groups excluding carboxylic acids is 2. The maximum absolute atomic E-state index is 13.1. The summed E-state index contributed by atoms with van der Waals surface area (Å²) in [6.45, 7) is 5.14. The summed E-state index contributed by atoms with van der Waals surface area (Å²) in [4.78, 5) is 35.9. The first-order chi connectivity index (χ1) is 14.5. The number of aromatic nitrogens is 2. The van der Waals surface area contributed by atoms with Crippen LogP contribution in [0.25, 0.3) is 0 Å². The van der Waals surface area contributed by atoms with E-state index >= 15 is 0 Å². The van der Waals surface area contributed by atoms with Crippen LogP contribution in [0.4, 0.5) is 5.82 Å². The van der Waals surface area contributed by atoms with Crippen molar-refractivity contribution in [2.24, 2.45) is 11.8 Å². The van der Waals surface area contributed by atoms with Gasteiger partial charge in [0.05, 0.1) is 31.1 Å². The summed E-state index contributed by atoms with van der Waals surface area (Å²) in [5.41, 5.74) is 3.23. The third kappa shape index (κ3) is 3.64. The molecule has 156 valence electrons. The van der Waals surface area contributed by atoms with Gasteiger partial charge in [0.25, 0.3) is 5.91 Å². The number of carbonyl (C=O) groups is 2. The Bertz CT molecular complexity index is 1010. The maximum atomic E-state index is 13.1. The molecule has 2 fully saturated rings. The van der Waals surface area contributed by atoms with Gasteiger partial charge in [0.2, 0.25) is 5.91 Å². The SMILES string of the molecule is Cc1cc(C(C)N2Cc3c(ccnc3NC(=O)C3CC3)C2=O)ncc1OCC1CC1. The lowest BCUT2D eigenvalue weighted by Gasteiger charge is -2.24. The van der Waals surface area contributed by atoms with Crippen molar-refractivity contribution in [1.29, 1.82) is 0 Å². The van der Waals surface area contributed by atoms with Crippen molar-refractivity contribution in [1.82, 2.24) is 14.9 Å². The summed E-state index contributed by atoms with van der Waals surface area (Å²) < 4.78 is 5.88. The van der Waals surface area contributed by atoms with E-state index in [0.29, 0.717) is 23.8 Å². The molecule has 0 saturated heterocycles. The molecule has 0 bridgehead atoms. The summed E-state index contributed by atoms with van der Waals surface area (Å²) >= 11 is 0. The second kappa shape index (κ2) is 7.38. The number of hydrogen-bond donors (Lipinski definition) is 1. The van der Waals surface area contributed by atoms with Gasteiger partial charge in [0, 0.05) is 23.2 Å². The average molecular weight is 406 g/mol. The third-order valence-corrected chi connectivity index (χ3v) is 6.22. The van der Waals surface area contributed by atoms with Gasteiger partial charge in [0.15, 0.2) is 0 Å². The van der Waals surface area contributed by atoms with Gasteiger partial charge >= 0.3 is 0 Å². The first-order valence-electron chi connectivity index (χ1n) is 10.7. The van der Waals surface area contributed by atoms with Crippen LogP contribution in [0.1, 0.15) is 65.8 Å². The summed E-state index contributed by atoms with van der Waals surface area (Å²) in [6.07, 6.45) is 7.69. The van der Waals surface area contributed by atoms with Crippen LogP contribution in [0.2, 0.25) is 0 Å². The molecule has 30 heavy (non-hydrogen) atoms. The molecule has 1 aliphatic heterocycles. The zero-order chi connectivity index (χ0) is 20.8. The lowest BCUT2D eigenvalue weighted by Crippen LogP contribution is -2.28. The Kier molecular flexibility index (Phi) is 4.68. The zero-order valence-corrected chi connectivity index (χ0v) is 17.4. The van der Waals surface area contributed by atoms with E-state index in [-0.39, 0.29) is 23.8 Å². The summed E-state index contributed by atoms with van der Waals surface area (Å²) in [5.74, 6) is 2.02. The van der Waals surface area contributed by atoms with Crippen molar-refractivity contribution >= 4 is 17.6 Å². The van der Waals surface area contributed by atoms with Crippen LogP contribution in [0, 0.1) is 18.8 Å². The second-order valence-corrected chi connectivity index (χ2v) is 8.69. The van der Waals surface area contributed by atoms with Crippen LogP contribution in [0.15, 0.2) is 24.5 Å². The number of pyridine rings is 2. The fourth-order valence-corrected chi connectivity index (χ4v) is 3.83. The van der Waals surface area contributed by atoms with Crippen molar-refractivity contribution in [3.63, 3.8) is 0 Å². The molecule has 7 nitrogen and oxygen atoms in total. The normalized spacial score (nSPS) is 18.9. The van der Waals surface area contributed by atoms with Crippen LogP contribution in [0.5, 0.6) is 5.75 Å². The quantitative estimate of drug-likeness (QED) is 0.759. The van der Waals surface area contributed by atoms with Gasteiger partial charge in [-0.05, 0) is 63.1 Å². The number of amides is 2. The monoisotopic (exact) mass is 406 g/mol. The predicted molar refractivity (Wildman–Crippen MR) is 111 cm³/mol. The molecule has 5 rings (SSSR count). The molecule has 2 aromatic rings. The summed E-state index contributed by atoms with van der Waals surface area (Å²) in [6, 6.07) is 3.52. The molecule has 2 amide bonds. The Morgan fingerprint density at radius 2 is 2.10 bits per heavy atom. The predicted octanol–water partition coefficient (Wildman–Crippen LogP) is 3.64. The highest BCUT2D eigenvalue weighted by atomic mass is 16.5. The Morgan fingerprint density at radius 3 is 2.80 bits per heavy atom. The number of hydrogen-bond acceptors (Lipinski definition) is 5. The molecule has 0 aromatic carbocycles. The number of anilines is 1. The zero-order valence-electron chi connectivity index (χ0n) is 17.4. The molecule has 1 atom stereocenters. The number of rotatable bonds is 7. The molecule has 2 aromatic heterocycles. The first-order valence-corrected chi connectivity index (χ1v) is 10.7. The van der Waals surface area contributed by atoms with Crippen LogP contribution >= 0.6 is 0 Å². The Balaban J connectivity index is 1.33. The molecule has 0 spiro atoms. The highest BCUT2D eigenvalue weighted by molar-refractivity contribution is 6.02. The van der Waals surface area contributed by atoms with E-state index in [4.69, 9.17) is 4.74 Å². The Morgan fingerprint density at radius 1 is 1.30 bits per heavy atom. The molecule has 3 heterocycles. The minimum atomic E-state index is -0.201. The summed E-state index contributed by atoms with van der Waals surface area (Å²) in [5, 5.41) is 2.91. The van der Waals surface area contributed by atoms with Crippen molar-refractivity contribution < 1.29 is 14.3 Å². The van der Waals surface area contributed by atoms with Crippen LogP contribution in [-0.4, -0.2) is 33.3 Å². The van der Waals surface area contributed by atoms with Gasteiger partial charge in [-0.3, -0.25) is 14.6 Å². The fraction of sp³-hybridized carbons (Fsp3) is 0.478. The number of nitrogens with one attached hydrogen (secondary N) is 1. The van der Waals surface area contributed by atoms with E-state index in [1.54, 1.807) is 23.4 Å². The van der Waals surface area contributed by atoms with E-state index in [2.05, 4.69) is 15.3 Å². The van der Waals surface area contributed by atoms with Crippen LogP contribution in [0.3, 0.4) is 0 Å². The molecule has 7 heteroatoms. The first kappa shape index (κ1) is 19.0. The molecule has 2 aliphatic carbocycles. The van der Waals surface area contributed by atoms with Crippen molar-refractivity contribution in [3.05, 3.63) is 46.9 Å². The maximum Gasteiger partial charge on any atom is 0.255 e. The second-order valence-electron chi connectivity index (χ2n) is 8.69. The number of fused-ring (bicyclic) bond motifs is 1. The highest BCUT2D eigenvalue weighted by Crippen LogP contribution is 2.36. The molecule has 1 N–H and O–H groups in total. The lowest BCUT2D eigenvalue weighted by molar-refractivity contribution is -0.117. The lowest BCUT2D eigenvalue weighted by atomic mass is 10.1. The molecule has 0 radical (unpaired) electrons. The van der Waals surface area contributed by atoms with Crippen molar-refractivity contribution in [3.8, 4) is 5.75 Å². The standard InChI is InChI=1S/C23H26N4O3/c1-13-9-19(25-10-20(13)30-12-15-3-4-15)14(2)27-11-18-17(23(27)29)7-8-24-21(18)26-22(28)16-5-6-16/h7-10,14-16H,3-6,11-12H2,1-2H3,(H,24,26,28). The van der Waals surface area contributed by atoms with Gasteiger partial charge in [-0.25, -0.2) is 4.98 Å². The molecule has 3 aliphatic rings.